The summed E-state index contributed by atoms with van der Waals surface area (Å²) in [6, 6.07) is 0. The molecule has 0 fully saturated rings. The average molecular weight is 266 g/mol. The number of hydrogen-bond acceptors (Lipinski definition) is 3. The van der Waals surface area contributed by atoms with Crippen molar-refractivity contribution in [3.63, 3.8) is 0 Å². The summed E-state index contributed by atoms with van der Waals surface area (Å²) >= 11 is 11.6. The van der Waals surface area contributed by atoms with Crippen LogP contribution in [-0.2, 0) is 18.3 Å². The lowest BCUT2D eigenvalue weighted by Gasteiger charge is -2.05. The number of rotatable bonds is 7. The summed E-state index contributed by atoms with van der Waals surface area (Å²) in [7, 11) is 1.84. The van der Waals surface area contributed by atoms with Gasteiger partial charge in [-0.05, 0) is 6.92 Å². The Morgan fingerprint density at radius 2 is 2.19 bits per heavy atom. The summed E-state index contributed by atoms with van der Waals surface area (Å²) in [4.78, 5) is 0. The lowest BCUT2D eigenvalue weighted by atomic mass is 10.2. The molecule has 0 atom stereocenters. The van der Waals surface area contributed by atoms with Gasteiger partial charge in [-0.15, -0.1) is 11.6 Å². The van der Waals surface area contributed by atoms with E-state index in [1.165, 1.54) is 0 Å². The minimum absolute atomic E-state index is 0.535. The van der Waals surface area contributed by atoms with Gasteiger partial charge in [-0.1, -0.05) is 11.6 Å². The molecule has 0 spiro atoms. The Balaban J connectivity index is 2.26. The number of alkyl halides is 1. The van der Waals surface area contributed by atoms with Crippen molar-refractivity contribution >= 4 is 23.2 Å². The van der Waals surface area contributed by atoms with Gasteiger partial charge in [0.25, 0.3) is 0 Å². The molecule has 0 aromatic carbocycles. The van der Waals surface area contributed by atoms with E-state index in [0.717, 1.165) is 17.8 Å². The summed E-state index contributed by atoms with van der Waals surface area (Å²) in [5, 5.41) is 8.17. The average Bonchev–Trinajstić information content (AvgIpc) is 2.49. The Bertz CT molecular complexity index is 328. The van der Waals surface area contributed by atoms with E-state index in [9.17, 15) is 0 Å². The number of halogens is 2. The van der Waals surface area contributed by atoms with Crippen LogP contribution in [0.2, 0.25) is 5.15 Å². The van der Waals surface area contributed by atoms with Gasteiger partial charge in [0.2, 0.25) is 0 Å². The molecule has 0 aliphatic rings. The maximum absolute atomic E-state index is 6.09. The van der Waals surface area contributed by atoms with Gasteiger partial charge in [0.1, 0.15) is 5.15 Å². The molecule has 1 heterocycles. The van der Waals surface area contributed by atoms with E-state index in [-0.39, 0.29) is 0 Å². The van der Waals surface area contributed by atoms with Crippen LogP contribution in [-0.4, -0.2) is 35.4 Å². The highest BCUT2D eigenvalue weighted by Gasteiger charge is 2.09. The van der Waals surface area contributed by atoms with Gasteiger partial charge in [0, 0.05) is 31.6 Å². The van der Waals surface area contributed by atoms with Gasteiger partial charge >= 0.3 is 0 Å². The molecular weight excluding hydrogens is 249 g/mol. The molecule has 16 heavy (non-hydrogen) atoms. The summed E-state index contributed by atoms with van der Waals surface area (Å²) in [6.07, 6.45) is 0. The first-order valence-corrected chi connectivity index (χ1v) is 6.10. The first kappa shape index (κ1) is 13.8. The molecule has 4 nitrogen and oxygen atoms in total. The van der Waals surface area contributed by atoms with Crippen molar-refractivity contribution < 1.29 is 4.74 Å². The van der Waals surface area contributed by atoms with Gasteiger partial charge in [-0.25, -0.2) is 0 Å². The molecule has 0 aliphatic carbocycles. The van der Waals surface area contributed by atoms with Crippen molar-refractivity contribution in [2.45, 2.75) is 13.5 Å². The molecule has 0 saturated heterocycles. The van der Waals surface area contributed by atoms with Crippen LogP contribution in [0, 0.1) is 6.92 Å². The van der Waals surface area contributed by atoms with Crippen LogP contribution in [0.25, 0.3) is 0 Å². The summed E-state index contributed by atoms with van der Waals surface area (Å²) < 4.78 is 6.92. The van der Waals surface area contributed by atoms with E-state index in [0.29, 0.717) is 30.8 Å². The van der Waals surface area contributed by atoms with Crippen molar-refractivity contribution in [2.75, 3.05) is 25.6 Å². The first-order valence-electron chi connectivity index (χ1n) is 5.19. The van der Waals surface area contributed by atoms with Gasteiger partial charge in [0.05, 0.1) is 18.9 Å². The minimum Gasteiger partial charge on any atom is -0.379 e. The predicted molar refractivity (Wildman–Crippen MR) is 66.2 cm³/mol. The fourth-order valence-electron chi connectivity index (χ4n) is 1.39. The summed E-state index contributed by atoms with van der Waals surface area (Å²) in [5.74, 6) is 0.535. The number of hydrogen-bond donors (Lipinski definition) is 1. The fourth-order valence-corrected chi connectivity index (χ4v) is 1.74. The molecule has 1 N–H and O–H groups in total. The molecule has 6 heteroatoms. The number of nitrogens with zero attached hydrogens (tertiary/aromatic N) is 2. The smallest absolute Gasteiger partial charge is 0.131 e. The van der Waals surface area contributed by atoms with Crippen LogP contribution in [0.3, 0.4) is 0 Å². The Morgan fingerprint density at radius 1 is 1.44 bits per heavy atom. The van der Waals surface area contributed by atoms with Crippen LogP contribution in [0.15, 0.2) is 0 Å². The standard InChI is InChI=1S/C10H17Cl2N3O/c1-8-9(10(12)15(2)14-8)7-13-4-6-16-5-3-11/h13H,3-7H2,1-2H3. The molecule has 1 rings (SSSR count). The third-order valence-electron chi connectivity index (χ3n) is 2.22. The molecule has 1 aromatic heterocycles. The number of ether oxygens (including phenoxy) is 1. The van der Waals surface area contributed by atoms with Crippen molar-refractivity contribution in [3.8, 4) is 0 Å². The molecule has 0 aliphatic heterocycles. The highest BCUT2D eigenvalue weighted by molar-refractivity contribution is 6.30. The molecule has 0 amide bonds. The van der Waals surface area contributed by atoms with Crippen LogP contribution < -0.4 is 5.32 Å². The highest BCUT2D eigenvalue weighted by atomic mass is 35.5. The van der Waals surface area contributed by atoms with Gasteiger partial charge < -0.3 is 10.1 Å². The predicted octanol–water partition coefficient (Wildman–Crippen LogP) is 1.73. The zero-order chi connectivity index (χ0) is 12.0. The van der Waals surface area contributed by atoms with Crippen LogP contribution in [0.1, 0.15) is 11.3 Å². The minimum atomic E-state index is 0.535. The monoisotopic (exact) mass is 265 g/mol. The molecule has 0 radical (unpaired) electrons. The largest absolute Gasteiger partial charge is 0.379 e. The SMILES string of the molecule is Cc1nn(C)c(Cl)c1CNCCOCCCl. The van der Waals surface area contributed by atoms with Crippen molar-refractivity contribution in [3.05, 3.63) is 16.4 Å². The van der Waals surface area contributed by atoms with E-state index in [1.54, 1.807) is 4.68 Å². The third-order valence-corrected chi connectivity index (χ3v) is 2.84. The number of nitrogens with one attached hydrogen (secondary N) is 1. The van der Waals surface area contributed by atoms with Crippen molar-refractivity contribution in [1.82, 2.24) is 15.1 Å². The molecule has 0 saturated carbocycles. The Kier molecular flexibility index (Phi) is 6.13. The molecule has 0 unspecified atom stereocenters. The molecular formula is C10H17Cl2N3O. The third kappa shape index (κ3) is 3.94. The van der Waals surface area contributed by atoms with E-state index in [2.05, 4.69) is 10.4 Å². The quantitative estimate of drug-likeness (QED) is 0.603. The highest BCUT2D eigenvalue weighted by Crippen LogP contribution is 2.17. The van der Waals surface area contributed by atoms with Crippen LogP contribution in [0.4, 0.5) is 0 Å². The Labute approximate surface area is 106 Å². The molecule has 0 bridgehead atoms. The lowest BCUT2D eigenvalue weighted by molar-refractivity contribution is 0.151. The normalized spacial score (nSPS) is 11.0. The van der Waals surface area contributed by atoms with Crippen molar-refractivity contribution in [2.24, 2.45) is 7.05 Å². The maximum atomic E-state index is 6.09. The van der Waals surface area contributed by atoms with E-state index >= 15 is 0 Å². The molecule has 1 aromatic rings. The summed E-state index contributed by atoms with van der Waals surface area (Å²) in [6.45, 7) is 4.69. The van der Waals surface area contributed by atoms with Crippen LogP contribution in [0.5, 0.6) is 0 Å². The van der Waals surface area contributed by atoms with E-state index < -0.39 is 0 Å². The second-order valence-electron chi connectivity index (χ2n) is 3.46. The molecule has 92 valence electrons. The Hall–Kier alpha value is -0.290. The summed E-state index contributed by atoms with van der Waals surface area (Å²) in [5.41, 5.74) is 2.00. The van der Waals surface area contributed by atoms with Gasteiger partial charge in [-0.3, -0.25) is 4.68 Å². The second-order valence-corrected chi connectivity index (χ2v) is 4.19. The maximum Gasteiger partial charge on any atom is 0.131 e. The van der Waals surface area contributed by atoms with E-state index in [4.69, 9.17) is 27.9 Å². The van der Waals surface area contributed by atoms with E-state index in [1.807, 2.05) is 14.0 Å². The second kappa shape index (κ2) is 7.12. The van der Waals surface area contributed by atoms with Crippen LogP contribution >= 0.6 is 23.2 Å². The van der Waals surface area contributed by atoms with Gasteiger partial charge in [-0.2, -0.15) is 5.10 Å². The first-order chi connectivity index (χ1) is 7.66. The number of aromatic nitrogens is 2. The zero-order valence-corrected chi connectivity index (χ0v) is 11.1. The zero-order valence-electron chi connectivity index (χ0n) is 9.59. The lowest BCUT2D eigenvalue weighted by Crippen LogP contribution is -2.20. The van der Waals surface area contributed by atoms with Gasteiger partial charge in [0.15, 0.2) is 0 Å². The fraction of sp³-hybridized carbons (Fsp3) is 0.700. The number of aryl methyl sites for hydroxylation is 2. The topological polar surface area (TPSA) is 39.1 Å². The Morgan fingerprint density at radius 3 is 2.75 bits per heavy atom. The van der Waals surface area contributed by atoms with Crippen molar-refractivity contribution in [1.29, 1.82) is 0 Å².